The number of nitrogens with zero attached hydrogens (tertiary/aromatic N) is 5. The third-order valence-electron chi connectivity index (χ3n) is 5.83. The summed E-state index contributed by atoms with van der Waals surface area (Å²) in [7, 11) is 0. The molecule has 0 saturated carbocycles. The van der Waals surface area contributed by atoms with Gasteiger partial charge in [-0.2, -0.15) is 5.10 Å². The standard InChI is InChI=1S/C22H23ClN8O3/c1-11(22(34)30-9-13(24)10-30)27-21(33)15-7-25-20-19(15)28-16(8-26-20)18-14-3-2-12(23)6-17(14)31(29-18)4-5-32/h2-3,6-8,11,13,32H,4-5,9-10,24H2,1H3,(H,25,26)(H,27,33)/t11-/m1/s1. The van der Waals surface area contributed by atoms with Crippen LogP contribution >= 0.6 is 11.6 Å². The van der Waals surface area contributed by atoms with Gasteiger partial charge in [-0.25, -0.2) is 9.97 Å². The van der Waals surface area contributed by atoms with Gasteiger partial charge < -0.3 is 26.0 Å². The van der Waals surface area contributed by atoms with Crippen molar-refractivity contribution in [3.05, 3.63) is 41.2 Å². The molecule has 2 amide bonds. The number of aromatic amines is 1. The van der Waals surface area contributed by atoms with Crippen LogP contribution in [0.25, 0.3) is 33.5 Å². The normalized spacial score (nSPS) is 15.0. The first kappa shape index (κ1) is 22.3. The summed E-state index contributed by atoms with van der Waals surface area (Å²) in [5, 5.41) is 18.1. The maximum Gasteiger partial charge on any atom is 0.255 e. The fraction of sp³-hybridized carbons (Fsp3) is 0.318. The lowest BCUT2D eigenvalue weighted by Crippen LogP contribution is -2.61. The summed E-state index contributed by atoms with van der Waals surface area (Å²) in [6, 6.07) is 4.64. The van der Waals surface area contributed by atoms with Crippen LogP contribution in [0.1, 0.15) is 17.3 Å². The van der Waals surface area contributed by atoms with Crippen LogP contribution in [0.3, 0.4) is 0 Å². The largest absolute Gasteiger partial charge is 0.394 e. The Hall–Kier alpha value is -3.54. The Labute approximate surface area is 198 Å². The lowest BCUT2D eigenvalue weighted by molar-refractivity contribution is -0.137. The Morgan fingerprint density at radius 3 is 2.91 bits per heavy atom. The SMILES string of the molecule is C[C@@H](NC(=O)c1c[nH]c2ncc(-c3nn(CCO)c4cc(Cl)ccc34)nc12)C(=O)N1CC(N)C1. The van der Waals surface area contributed by atoms with E-state index in [0.717, 1.165) is 10.9 Å². The number of amides is 2. The zero-order chi connectivity index (χ0) is 24.0. The predicted octanol–water partition coefficient (Wildman–Crippen LogP) is 0.908. The van der Waals surface area contributed by atoms with E-state index in [2.05, 4.69) is 25.4 Å². The number of aromatic nitrogens is 5. The summed E-state index contributed by atoms with van der Waals surface area (Å²) in [6.45, 7) is 2.82. The average Bonchev–Trinajstić information content (AvgIpc) is 3.37. The molecule has 0 bridgehead atoms. The Morgan fingerprint density at radius 2 is 2.18 bits per heavy atom. The highest BCUT2D eigenvalue weighted by Crippen LogP contribution is 2.30. The van der Waals surface area contributed by atoms with Gasteiger partial charge in [-0.05, 0) is 25.1 Å². The highest BCUT2D eigenvalue weighted by atomic mass is 35.5. The highest BCUT2D eigenvalue weighted by Gasteiger charge is 2.31. The van der Waals surface area contributed by atoms with Gasteiger partial charge in [0.25, 0.3) is 5.91 Å². The van der Waals surface area contributed by atoms with Gasteiger partial charge in [0.1, 0.15) is 22.9 Å². The first-order valence-electron chi connectivity index (χ1n) is 10.8. The summed E-state index contributed by atoms with van der Waals surface area (Å²) in [5.74, 6) is -0.618. The minimum absolute atomic E-state index is 0.0119. The Morgan fingerprint density at radius 1 is 1.38 bits per heavy atom. The molecule has 0 aliphatic carbocycles. The smallest absolute Gasteiger partial charge is 0.255 e. The predicted molar refractivity (Wildman–Crippen MR) is 126 cm³/mol. The quantitative estimate of drug-likeness (QED) is 0.318. The van der Waals surface area contributed by atoms with Crippen LogP contribution in [0, 0.1) is 0 Å². The van der Waals surface area contributed by atoms with Gasteiger partial charge >= 0.3 is 0 Å². The summed E-state index contributed by atoms with van der Waals surface area (Å²) in [4.78, 5) is 39.0. The molecule has 1 aliphatic rings. The maximum atomic E-state index is 13.0. The molecule has 5 rings (SSSR count). The molecule has 4 heterocycles. The highest BCUT2D eigenvalue weighted by molar-refractivity contribution is 6.31. The second-order valence-corrected chi connectivity index (χ2v) is 8.75. The third-order valence-corrected chi connectivity index (χ3v) is 6.07. The first-order chi connectivity index (χ1) is 16.4. The van der Waals surface area contributed by atoms with E-state index in [1.807, 2.05) is 6.07 Å². The molecule has 0 unspecified atom stereocenters. The molecular weight excluding hydrogens is 460 g/mol. The van der Waals surface area contributed by atoms with Crippen molar-refractivity contribution in [2.45, 2.75) is 25.6 Å². The van der Waals surface area contributed by atoms with Crippen LogP contribution in [-0.2, 0) is 11.3 Å². The zero-order valence-corrected chi connectivity index (χ0v) is 19.1. The van der Waals surface area contributed by atoms with Crippen molar-refractivity contribution in [1.29, 1.82) is 0 Å². The second kappa shape index (κ2) is 8.67. The van der Waals surface area contributed by atoms with Crippen LogP contribution in [0.2, 0.25) is 5.02 Å². The molecule has 1 atom stereocenters. The van der Waals surface area contributed by atoms with Gasteiger partial charge in [-0.3, -0.25) is 14.3 Å². The van der Waals surface area contributed by atoms with Crippen LogP contribution in [0.5, 0.6) is 0 Å². The van der Waals surface area contributed by atoms with E-state index in [1.165, 1.54) is 6.20 Å². The van der Waals surface area contributed by atoms with E-state index >= 15 is 0 Å². The van der Waals surface area contributed by atoms with Crippen LogP contribution in [0.15, 0.2) is 30.6 Å². The Bertz CT molecular complexity index is 1410. The number of hydrogen-bond donors (Lipinski definition) is 4. The Kier molecular flexibility index (Phi) is 5.68. The van der Waals surface area contributed by atoms with Crippen molar-refractivity contribution in [1.82, 2.24) is 34.9 Å². The number of aliphatic hydroxyl groups is 1. The topological polar surface area (TPSA) is 155 Å². The first-order valence-corrected chi connectivity index (χ1v) is 11.2. The lowest BCUT2D eigenvalue weighted by Gasteiger charge is -2.38. The van der Waals surface area contributed by atoms with E-state index < -0.39 is 11.9 Å². The van der Waals surface area contributed by atoms with E-state index in [-0.39, 0.29) is 30.7 Å². The number of halogens is 1. The van der Waals surface area contributed by atoms with Crippen LogP contribution < -0.4 is 11.1 Å². The van der Waals surface area contributed by atoms with Crippen molar-refractivity contribution < 1.29 is 14.7 Å². The van der Waals surface area contributed by atoms with Gasteiger partial charge in [-0.15, -0.1) is 0 Å². The number of carbonyl (C=O) groups excluding carboxylic acids is 2. The molecule has 12 heteroatoms. The molecule has 11 nitrogen and oxygen atoms in total. The van der Waals surface area contributed by atoms with Crippen molar-refractivity contribution >= 4 is 45.5 Å². The van der Waals surface area contributed by atoms with E-state index in [1.54, 1.807) is 34.8 Å². The number of fused-ring (bicyclic) bond motifs is 2. The monoisotopic (exact) mass is 482 g/mol. The number of hydrogen-bond acceptors (Lipinski definition) is 7. The van der Waals surface area contributed by atoms with Crippen LogP contribution in [-0.4, -0.2) is 78.3 Å². The summed E-state index contributed by atoms with van der Waals surface area (Å²) in [5.41, 5.74) is 8.58. The van der Waals surface area contributed by atoms with E-state index in [9.17, 15) is 14.7 Å². The fourth-order valence-electron chi connectivity index (χ4n) is 4.08. The number of H-pyrrole nitrogens is 1. The Balaban J connectivity index is 1.47. The molecular formula is C22H23ClN8O3. The maximum absolute atomic E-state index is 13.0. The number of rotatable bonds is 6. The van der Waals surface area contributed by atoms with Crippen molar-refractivity contribution in [3.8, 4) is 11.4 Å². The minimum Gasteiger partial charge on any atom is -0.394 e. The minimum atomic E-state index is -0.705. The van der Waals surface area contributed by atoms with Gasteiger partial charge in [0.05, 0.1) is 30.4 Å². The van der Waals surface area contributed by atoms with E-state index in [0.29, 0.717) is 40.7 Å². The number of aliphatic hydroxyl groups excluding tert-OH is 1. The van der Waals surface area contributed by atoms with Gasteiger partial charge in [0.2, 0.25) is 5.91 Å². The molecule has 34 heavy (non-hydrogen) atoms. The summed E-state index contributed by atoms with van der Waals surface area (Å²) < 4.78 is 1.65. The fourth-order valence-corrected chi connectivity index (χ4v) is 4.25. The molecule has 4 aromatic rings. The van der Waals surface area contributed by atoms with Gasteiger partial charge in [-0.1, -0.05) is 11.6 Å². The van der Waals surface area contributed by atoms with Gasteiger partial charge in [0.15, 0.2) is 5.65 Å². The van der Waals surface area contributed by atoms with Gasteiger partial charge in [0, 0.05) is 35.7 Å². The number of nitrogens with two attached hydrogens (primary N) is 1. The number of benzene rings is 1. The van der Waals surface area contributed by atoms with Crippen molar-refractivity contribution in [3.63, 3.8) is 0 Å². The molecule has 1 saturated heterocycles. The third kappa shape index (κ3) is 3.87. The number of nitrogens with one attached hydrogen (secondary N) is 2. The summed E-state index contributed by atoms with van der Waals surface area (Å²) in [6.07, 6.45) is 3.09. The molecule has 1 aromatic carbocycles. The molecule has 176 valence electrons. The summed E-state index contributed by atoms with van der Waals surface area (Å²) >= 11 is 6.16. The molecule has 0 radical (unpaired) electrons. The second-order valence-electron chi connectivity index (χ2n) is 8.31. The van der Waals surface area contributed by atoms with E-state index in [4.69, 9.17) is 17.3 Å². The number of likely N-dealkylation sites (tertiary alicyclic amines) is 1. The zero-order valence-electron chi connectivity index (χ0n) is 18.3. The lowest BCUT2D eigenvalue weighted by atomic mass is 10.1. The van der Waals surface area contributed by atoms with Crippen molar-refractivity contribution in [2.75, 3.05) is 19.7 Å². The molecule has 3 aromatic heterocycles. The average molecular weight is 483 g/mol. The van der Waals surface area contributed by atoms with Crippen molar-refractivity contribution in [2.24, 2.45) is 5.73 Å². The molecule has 0 spiro atoms. The van der Waals surface area contributed by atoms with Crippen LogP contribution in [0.4, 0.5) is 0 Å². The molecule has 5 N–H and O–H groups in total. The number of carbonyl (C=O) groups is 2. The molecule has 1 fully saturated rings. The molecule has 1 aliphatic heterocycles.